The van der Waals surface area contributed by atoms with Gasteiger partial charge in [0, 0.05) is 14.2 Å². The fourth-order valence-electron chi connectivity index (χ4n) is 1.45. The van der Waals surface area contributed by atoms with Crippen LogP contribution in [0.25, 0.3) is 0 Å². The number of carbonyl (C=O) groups excluding carboxylic acids is 2. The van der Waals surface area contributed by atoms with Gasteiger partial charge < -0.3 is 15.0 Å². The molecule has 78 valence electrons. The van der Waals surface area contributed by atoms with Crippen molar-refractivity contribution in [2.75, 3.05) is 14.2 Å². The van der Waals surface area contributed by atoms with E-state index >= 15 is 0 Å². The number of nitrogens with one attached hydrogen (secondary N) is 1. The second-order valence-electron chi connectivity index (χ2n) is 3.27. The van der Waals surface area contributed by atoms with E-state index in [0.717, 1.165) is 0 Å². The standard InChI is InChI=1S/C9H14N2O3/c1-5-9(13)11(3)7(6(2)14-4)8(12)10-5/h6-7H,1H2,2-4H3,(H,10,12)/t6-,7?/m1/s1. The number of carbonyl (C=O) groups is 2. The Hall–Kier alpha value is -1.36. The Bertz CT molecular complexity index is 288. The maximum Gasteiger partial charge on any atom is 0.270 e. The monoisotopic (exact) mass is 198 g/mol. The predicted molar refractivity (Wildman–Crippen MR) is 50.3 cm³/mol. The Balaban J connectivity index is 2.90. The maximum absolute atomic E-state index is 11.5. The molecule has 1 saturated heterocycles. The third-order valence-electron chi connectivity index (χ3n) is 2.35. The molecule has 2 atom stereocenters. The lowest BCUT2D eigenvalue weighted by molar-refractivity contribution is -0.145. The van der Waals surface area contributed by atoms with E-state index in [1.165, 1.54) is 12.0 Å². The molecule has 0 radical (unpaired) electrons. The summed E-state index contributed by atoms with van der Waals surface area (Å²) in [4.78, 5) is 24.3. The zero-order valence-electron chi connectivity index (χ0n) is 8.53. The van der Waals surface area contributed by atoms with Gasteiger partial charge in [-0.3, -0.25) is 9.59 Å². The highest BCUT2D eigenvalue weighted by Crippen LogP contribution is 2.13. The summed E-state index contributed by atoms with van der Waals surface area (Å²) in [6.07, 6.45) is -0.336. The van der Waals surface area contributed by atoms with Crippen LogP contribution >= 0.6 is 0 Å². The fraction of sp³-hybridized carbons (Fsp3) is 0.556. The van der Waals surface area contributed by atoms with Gasteiger partial charge in [0.15, 0.2) is 0 Å². The molecule has 0 bridgehead atoms. The van der Waals surface area contributed by atoms with Crippen molar-refractivity contribution in [3.8, 4) is 0 Å². The number of amides is 2. The zero-order valence-corrected chi connectivity index (χ0v) is 8.53. The summed E-state index contributed by atoms with van der Waals surface area (Å²) >= 11 is 0. The number of hydrogen-bond donors (Lipinski definition) is 1. The van der Waals surface area contributed by atoms with Crippen molar-refractivity contribution in [2.24, 2.45) is 0 Å². The molecule has 1 heterocycles. The Morgan fingerprint density at radius 1 is 1.57 bits per heavy atom. The quantitative estimate of drug-likeness (QED) is 0.608. The van der Waals surface area contributed by atoms with Crippen molar-refractivity contribution in [3.05, 3.63) is 12.3 Å². The summed E-state index contributed by atoms with van der Waals surface area (Å²) in [5.74, 6) is -0.537. The number of nitrogens with zero attached hydrogens (tertiary/aromatic N) is 1. The average Bonchev–Trinajstić information content (AvgIpc) is 2.14. The summed E-state index contributed by atoms with van der Waals surface area (Å²) in [5, 5.41) is 2.42. The highest BCUT2D eigenvalue weighted by atomic mass is 16.5. The van der Waals surface area contributed by atoms with E-state index in [9.17, 15) is 9.59 Å². The van der Waals surface area contributed by atoms with Crippen LogP contribution in [0.2, 0.25) is 0 Å². The number of likely N-dealkylation sites (N-methyl/N-ethyl adjacent to an activating group) is 1. The van der Waals surface area contributed by atoms with Crippen molar-refractivity contribution >= 4 is 11.8 Å². The van der Waals surface area contributed by atoms with E-state index in [-0.39, 0.29) is 23.6 Å². The molecule has 1 fully saturated rings. The Labute approximate surface area is 82.7 Å². The summed E-state index contributed by atoms with van der Waals surface area (Å²) in [6, 6.07) is -0.585. The molecule has 0 aromatic carbocycles. The summed E-state index contributed by atoms with van der Waals surface area (Å²) < 4.78 is 5.03. The topological polar surface area (TPSA) is 58.6 Å². The van der Waals surface area contributed by atoms with Crippen molar-refractivity contribution in [1.29, 1.82) is 0 Å². The van der Waals surface area contributed by atoms with Crippen LogP contribution in [0.4, 0.5) is 0 Å². The molecule has 0 saturated carbocycles. The van der Waals surface area contributed by atoms with Crippen LogP contribution in [0.1, 0.15) is 6.92 Å². The molecule has 1 N–H and O–H groups in total. The largest absolute Gasteiger partial charge is 0.379 e. The van der Waals surface area contributed by atoms with Gasteiger partial charge in [0.1, 0.15) is 6.04 Å². The number of hydrogen-bond acceptors (Lipinski definition) is 3. The van der Waals surface area contributed by atoms with Gasteiger partial charge in [-0.2, -0.15) is 0 Å². The minimum Gasteiger partial charge on any atom is -0.379 e. The lowest BCUT2D eigenvalue weighted by Gasteiger charge is -2.35. The van der Waals surface area contributed by atoms with E-state index in [1.54, 1.807) is 14.0 Å². The maximum atomic E-state index is 11.5. The summed E-state index contributed by atoms with van der Waals surface area (Å²) in [7, 11) is 3.06. The van der Waals surface area contributed by atoms with E-state index in [2.05, 4.69) is 11.9 Å². The molecular formula is C9H14N2O3. The normalized spacial score (nSPS) is 24.9. The van der Waals surface area contributed by atoms with E-state index in [4.69, 9.17) is 4.74 Å². The highest BCUT2D eigenvalue weighted by molar-refractivity contribution is 6.04. The van der Waals surface area contributed by atoms with Crippen molar-refractivity contribution in [3.63, 3.8) is 0 Å². The molecule has 1 aliphatic rings. The second kappa shape index (κ2) is 3.79. The first-order chi connectivity index (χ1) is 6.49. The number of rotatable bonds is 2. The molecule has 0 aromatic heterocycles. The molecule has 5 nitrogen and oxygen atoms in total. The Kier molecular flexibility index (Phi) is 2.90. The van der Waals surface area contributed by atoms with E-state index in [0.29, 0.717) is 0 Å². The number of piperazine rings is 1. The lowest BCUT2D eigenvalue weighted by Crippen LogP contribution is -2.59. The van der Waals surface area contributed by atoms with Gasteiger partial charge in [0.2, 0.25) is 5.91 Å². The SMILES string of the molecule is C=C1NC(=O)C([C@@H](C)OC)N(C)C1=O. The van der Waals surface area contributed by atoms with Gasteiger partial charge in [0.25, 0.3) is 5.91 Å². The zero-order chi connectivity index (χ0) is 10.9. The van der Waals surface area contributed by atoms with Crippen molar-refractivity contribution < 1.29 is 14.3 Å². The number of methoxy groups -OCH3 is 1. The first-order valence-electron chi connectivity index (χ1n) is 4.28. The molecule has 5 heteroatoms. The van der Waals surface area contributed by atoms with Crippen LogP contribution in [0, 0.1) is 0 Å². The molecule has 0 spiro atoms. The number of ether oxygens (including phenoxy) is 1. The van der Waals surface area contributed by atoms with E-state index < -0.39 is 6.04 Å². The molecule has 1 unspecified atom stereocenters. The highest BCUT2D eigenvalue weighted by Gasteiger charge is 2.37. The lowest BCUT2D eigenvalue weighted by atomic mass is 10.1. The minimum atomic E-state index is -0.585. The Morgan fingerprint density at radius 2 is 2.14 bits per heavy atom. The second-order valence-corrected chi connectivity index (χ2v) is 3.27. The van der Waals surface area contributed by atoms with Crippen LogP contribution in [0.5, 0.6) is 0 Å². The van der Waals surface area contributed by atoms with Crippen LogP contribution in [-0.2, 0) is 14.3 Å². The van der Waals surface area contributed by atoms with Crippen molar-refractivity contribution in [2.45, 2.75) is 19.1 Å². The van der Waals surface area contributed by atoms with E-state index in [1.807, 2.05) is 0 Å². The first-order valence-corrected chi connectivity index (χ1v) is 4.28. The first kappa shape index (κ1) is 10.7. The van der Waals surface area contributed by atoms with Gasteiger partial charge in [-0.05, 0) is 6.92 Å². The van der Waals surface area contributed by atoms with Gasteiger partial charge in [0.05, 0.1) is 11.8 Å². The van der Waals surface area contributed by atoms with Gasteiger partial charge >= 0.3 is 0 Å². The molecular weight excluding hydrogens is 184 g/mol. The third kappa shape index (κ3) is 1.63. The van der Waals surface area contributed by atoms with Gasteiger partial charge in [-0.1, -0.05) is 6.58 Å². The van der Waals surface area contributed by atoms with Crippen LogP contribution in [0.3, 0.4) is 0 Å². The Morgan fingerprint density at radius 3 is 2.64 bits per heavy atom. The van der Waals surface area contributed by atoms with Crippen LogP contribution in [-0.4, -0.2) is 43.0 Å². The molecule has 0 aliphatic carbocycles. The minimum absolute atomic E-state index is 0.108. The molecule has 1 aliphatic heterocycles. The smallest absolute Gasteiger partial charge is 0.270 e. The van der Waals surface area contributed by atoms with Crippen LogP contribution in [0.15, 0.2) is 12.3 Å². The summed E-state index contributed by atoms with van der Waals surface area (Å²) in [5.41, 5.74) is 0.108. The van der Waals surface area contributed by atoms with Crippen molar-refractivity contribution in [1.82, 2.24) is 10.2 Å². The van der Waals surface area contributed by atoms with Crippen LogP contribution < -0.4 is 5.32 Å². The van der Waals surface area contributed by atoms with Gasteiger partial charge in [-0.25, -0.2) is 0 Å². The van der Waals surface area contributed by atoms with Gasteiger partial charge in [-0.15, -0.1) is 0 Å². The molecule has 0 aromatic rings. The summed E-state index contributed by atoms with van der Waals surface area (Å²) in [6.45, 7) is 5.19. The third-order valence-corrected chi connectivity index (χ3v) is 2.35. The molecule has 14 heavy (non-hydrogen) atoms. The molecule has 1 rings (SSSR count). The fourth-order valence-corrected chi connectivity index (χ4v) is 1.45. The predicted octanol–water partition coefficient (Wildman–Crippen LogP) is -0.508. The molecule has 2 amide bonds. The average molecular weight is 198 g/mol.